The van der Waals surface area contributed by atoms with E-state index in [2.05, 4.69) is 50.4 Å². The topological polar surface area (TPSA) is 46.5 Å². The number of rotatable bonds is 6. The van der Waals surface area contributed by atoms with E-state index in [0.717, 1.165) is 49.4 Å². The molecule has 0 aliphatic carbocycles. The molecular formula is C19H24BrN3O2. The molecule has 0 saturated carbocycles. The van der Waals surface area contributed by atoms with Crippen molar-refractivity contribution in [1.29, 1.82) is 0 Å². The summed E-state index contributed by atoms with van der Waals surface area (Å²) >= 11 is 3.43. The van der Waals surface area contributed by atoms with Crippen LogP contribution in [0.25, 0.3) is 0 Å². The number of hydrogen-bond donors (Lipinski definition) is 1. The Labute approximate surface area is 157 Å². The van der Waals surface area contributed by atoms with Crippen LogP contribution in [-0.4, -0.2) is 41.7 Å². The highest BCUT2D eigenvalue weighted by Crippen LogP contribution is 2.15. The largest absolute Gasteiger partial charge is 0.379 e. The second-order valence-electron chi connectivity index (χ2n) is 6.22. The molecule has 1 saturated heterocycles. The van der Waals surface area contributed by atoms with Crippen LogP contribution in [0.1, 0.15) is 28.5 Å². The molecule has 1 N–H and O–H groups in total. The summed E-state index contributed by atoms with van der Waals surface area (Å²) in [5.41, 5.74) is 3.07. The van der Waals surface area contributed by atoms with Gasteiger partial charge in [-0.2, -0.15) is 0 Å². The number of ether oxygens (including phenoxy) is 1. The fraction of sp³-hybridized carbons (Fsp3) is 0.421. The quantitative estimate of drug-likeness (QED) is 0.803. The van der Waals surface area contributed by atoms with E-state index in [0.29, 0.717) is 12.2 Å². The first-order valence-electron chi connectivity index (χ1n) is 8.67. The molecule has 1 aromatic carbocycles. The molecule has 1 amide bonds. The lowest BCUT2D eigenvalue weighted by atomic mass is 10.1. The molecule has 25 heavy (non-hydrogen) atoms. The molecule has 6 heteroatoms. The van der Waals surface area contributed by atoms with Gasteiger partial charge >= 0.3 is 0 Å². The van der Waals surface area contributed by atoms with Crippen molar-refractivity contribution < 1.29 is 9.53 Å². The molecule has 2 heterocycles. The molecule has 1 aliphatic rings. The first-order valence-corrected chi connectivity index (χ1v) is 9.47. The minimum Gasteiger partial charge on any atom is -0.379 e. The van der Waals surface area contributed by atoms with Crippen LogP contribution in [0.4, 0.5) is 0 Å². The monoisotopic (exact) mass is 405 g/mol. The fourth-order valence-electron chi connectivity index (χ4n) is 3.06. The number of aromatic nitrogens is 1. The van der Waals surface area contributed by atoms with Gasteiger partial charge < -0.3 is 14.6 Å². The Morgan fingerprint density at radius 3 is 2.76 bits per heavy atom. The molecule has 1 aliphatic heterocycles. The van der Waals surface area contributed by atoms with Gasteiger partial charge in [-0.3, -0.25) is 9.69 Å². The lowest BCUT2D eigenvalue weighted by Gasteiger charge is -2.26. The van der Waals surface area contributed by atoms with Crippen molar-refractivity contribution in [2.24, 2.45) is 0 Å². The minimum absolute atomic E-state index is 0.0499. The lowest BCUT2D eigenvalue weighted by Crippen LogP contribution is -2.35. The third kappa shape index (κ3) is 4.93. The molecule has 3 rings (SSSR count). The number of nitrogens with one attached hydrogen (secondary N) is 1. The molecule has 5 nitrogen and oxygen atoms in total. The third-order valence-corrected chi connectivity index (χ3v) is 4.82. The molecule has 1 fully saturated rings. The van der Waals surface area contributed by atoms with Gasteiger partial charge in [-0.25, -0.2) is 0 Å². The Balaban J connectivity index is 1.59. The van der Waals surface area contributed by atoms with Gasteiger partial charge in [-0.15, -0.1) is 0 Å². The number of morpholine rings is 1. The molecule has 2 aromatic rings. The number of carbonyl (C=O) groups is 1. The molecule has 0 atom stereocenters. The van der Waals surface area contributed by atoms with Crippen LogP contribution in [0.15, 0.2) is 41.0 Å². The van der Waals surface area contributed by atoms with E-state index in [-0.39, 0.29) is 5.91 Å². The van der Waals surface area contributed by atoms with Crippen molar-refractivity contribution in [3.8, 4) is 0 Å². The van der Waals surface area contributed by atoms with Crippen LogP contribution < -0.4 is 5.32 Å². The Hall–Kier alpha value is -1.63. The Kier molecular flexibility index (Phi) is 6.29. The molecule has 1 aromatic heterocycles. The van der Waals surface area contributed by atoms with Crippen LogP contribution in [-0.2, 0) is 24.4 Å². The summed E-state index contributed by atoms with van der Waals surface area (Å²) in [4.78, 5) is 14.8. The zero-order valence-corrected chi connectivity index (χ0v) is 16.1. The van der Waals surface area contributed by atoms with Crippen LogP contribution in [0, 0.1) is 0 Å². The van der Waals surface area contributed by atoms with E-state index in [4.69, 9.17) is 4.74 Å². The predicted octanol–water partition coefficient (Wildman–Crippen LogP) is 3.03. The van der Waals surface area contributed by atoms with E-state index >= 15 is 0 Å². The van der Waals surface area contributed by atoms with Gasteiger partial charge in [0.05, 0.1) is 13.2 Å². The van der Waals surface area contributed by atoms with E-state index in [1.807, 2.05) is 23.8 Å². The number of nitrogens with zero attached hydrogens (tertiary/aromatic N) is 2. The second-order valence-corrected chi connectivity index (χ2v) is 7.14. The molecule has 0 unspecified atom stereocenters. The molecular weight excluding hydrogens is 382 g/mol. The highest BCUT2D eigenvalue weighted by Gasteiger charge is 2.13. The number of benzene rings is 1. The highest BCUT2D eigenvalue weighted by atomic mass is 79.9. The first-order chi connectivity index (χ1) is 12.2. The van der Waals surface area contributed by atoms with Gasteiger partial charge in [0.1, 0.15) is 5.69 Å². The Bertz CT molecular complexity index is 723. The zero-order valence-electron chi connectivity index (χ0n) is 14.5. The normalized spacial score (nSPS) is 15.3. The Morgan fingerprint density at radius 1 is 1.24 bits per heavy atom. The van der Waals surface area contributed by atoms with Crippen molar-refractivity contribution in [1.82, 2.24) is 14.8 Å². The average Bonchev–Trinajstić information content (AvgIpc) is 3.02. The summed E-state index contributed by atoms with van der Waals surface area (Å²) in [6.07, 6.45) is 1.93. The molecule has 134 valence electrons. The van der Waals surface area contributed by atoms with Crippen LogP contribution in [0.5, 0.6) is 0 Å². The lowest BCUT2D eigenvalue weighted by molar-refractivity contribution is 0.0342. The number of amides is 1. The maximum absolute atomic E-state index is 12.4. The zero-order chi connectivity index (χ0) is 17.6. The summed E-state index contributed by atoms with van der Waals surface area (Å²) in [5.74, 6) is -0.0499. The number of carbonyl (C=O) groups excluding carboxylic acids is 1. The van der Waals surface area contributed by atoms with Crippen molar-refractivity contribution in [3.63, 3.8) is 0 Å². The molecule has 0 radical (unpaired) electrons. The highest BCUT2D eigenvalue weighted by molar-refractivity contribution is 9.10. The van der Waals surface area contributed by atoms with Gasteiger partial charge in [0.2, 0.25) is 0 Å². The third-order valence-electron chi connectivity index (χ3n) is 4.39. The maximum Gasteiger partial charge on any atom is 0.268 e. The molecule has 0 bridgehead atoms. The first kappa shape index (κ1) is 18.2. The van der Waals surface area contributed by atoms with E-state index < -0.39 is 0 Å². The summed E-state index contributed by atoms with van der Waals surface area (Å²) in [6.45, 7) is 7.82. The summed E-state index contributed by atoms with van der Waals surface area (Å²) in [7, 11) is 0. The van der Waals surface area contributed by atoms with Gasteiger partial charge in [0.25, 0.3) is 5.91 Å². The summed E-state index contributed by atoms with van der Waals surface area (Å²) < 4.78 is 8.26. The van der Waals surface area contributed by atoms with E-state index in [1.54, 1.807) is 0 Å². The average molecular weight is 406 g/mol. The predicted molar refractivity (Wildman–Crippen MR) is 102 cm³/mol. The van der Waals surface area contributed by atoms with Crippen molar-refractivity contribution in [2.45, 2.75) is 26.6 Å². The summed E-state index contributed by atoms with van der Waals surface area (Å²) in [6, 6.07) is 10.3. The van der Waals surface area contributed by atoms with Gasteiger partial charge in [0, 0.05) is 43.4 Å². The smallest absolute Gasteiger partial charge is 0.268 e. The maximum atomic E-state index is 12.4. The molecule has 0 spiro atoms. The number of halogens is 1. The van der Waals surface area contributed by atoms with E-state index in [1.165, 1.54) is 5.56 Å². The standard InChI is InChI=1S/C19H24BrN3O2/c1-2-23-14-17(20)11-18(23)19(24)21-12-15-4-3-5-16(10-15)13-22-6-8-25-9-7-22/h3-5,10-11,14H,2,6-9,12-13H2,1H3,(H,21,24). The van der Waals surface area contributed by atoms with Crippen molar-refractivity contribution in [3.05, 3.63) is 57.8 Å². The van der Waals surface area contributed by atoms with E-state index in [9.17, 15) is 4.79 Å². The van der Waals surface area contributed by atoms with Crippen molar-refractivity contribution in [2.75, 3.05) is 26.3 Å². The summed E-state index contributed by atoms with van der Waals surface area (Å²) in [5, 5.41) is 3.02. The van der Waals surface area contributed by atoms with Gasteiger partial charge in [-0.1, -0.05) is 24.3 Å². The van der Waals surface area contributed by atoms with Crippen LogP contribution in [0.3, 0.4) is 0 Å². The fourth-order valence-corrected chi connectivity index (χ4v) is 3.52. The minimum atomic E-state index is -0.0499. The number of hydrogen-bond acceptors (Lipinski definition) is 3. The van der Waals surface area contributed by atoms with Gasteiger partial charge in [0.15, 0.2) is 0 Å². The second kappa shape index (κ2) is 8.65. The Morgan fingerprint density at radius 2 is 2.00 bits per heavy atom. The van der Waals surface area contributed by atoms with Crippen LogP contribution in [0.2, 0.25) is 0 Å². The van der Waals surface area contributed by atoms with Gasteiger partial charge in [-0.05, 0) is 40.0 Å². The van der Waals surface area contributed by atoms with Crippen molar-refractivity contribution >= 4 is 21.8 Å². The number of aryl methyl sites for hydroxylation is 1. The SMILES string of the molecule is CCn1cc(Br)cc1C(=O)NCc1cccc(CN2CCOCC2)c1. The van der Waals surface area contributed by atoms with Crippen LogP contribution >= 0.6 is 15.9 Å².